The van der Waals surface area contributed by atoms with Gasteiger partial charge in [0.1, 0.15) is 11.4 Å². The molecule has 0 fully saturated rings. The summed E-state index contributed by atoms with van der Waals surface area (Å²) in [5, 5.41) is 22.9. The van der Waals surface area contributed by atoms with Crippen molar-refractivity contribution in [1.82, 2.24) is 0 Å². The molecule has 1 aromatic rings. The molecule has 2 N–H and O–H groups in total. The number of nitrogens with zero attached hydrogens (tertiary/aromatic N) is 1. The second-order valence-electron chi connectivity index (χ2n) is 3.23. The molecule has 16 heavy (non-hydrogen) atoms. The van der Waals surface area contributed by atoms with Crippen molar-refractivity contribution in [3.63, 3.8) is 0 Å². The molecule has 0 aromatic heterocycles. The molecule has 0 radical (unpaired) electrons. The lowest BCUT2D eigenvalue weighted by Gasteiger charge is -2.06. The standard InChI is InChI=1S/C10H14N2O3S/c1-16-6-2-5-11-9-4-3-8(13)7-10(9)12(14)15/h3-4,7,11,13H,2,5-6H2,1H3. The first-order chi connectivity index (χ1) is 7.65. The Labute approximate surface area is 98.0 Å². The van der Waals surface area contributed by atoms with Gasteiger partial charge in [-0.2, -0.15) is 11.8 Å². The van der Waals surface area contributed by atoms with Crippen molar-refractivity contribution in [3.05, 3.63) is 28.3 Å². The Balaban J connectivity index is 2.67. The molecule has 0 aliphatic rings. The van der Waals surface area contributed by atoms with Gasteiger partial charge in [0, 0.05) is 6.54 Å². The number of thioether (sulfide) groups is 1. The van der Waals surface area contributed by atoms with Crippen LogP contribution in [0.2, 0.25) is 0 Å². The number of phenols is 1. The monoisotopic (exact) mass is 242 g/mol. The van der Waals surface area contributed by atoms with E-state index in [4.69, 9.17) is 5.11 Å². The number of nitrogens with one attached hydrogen (secondary N) is 1. The van der Waals surface area contributed by atoms with Gasteiger partial charge in [0.05, 0.1) is 11.0 Å². The number of nitro benzene ring substituents is 1. The molecular formula is C10H14N2O3S. The maximum absolute atomic E-state index is 10.7. The highest BCUT2D eigenvalue weighted by Gasteiger charge is 2.13. The van der Waals surface area contributed by atoms with Gasteiger partial charge in [-0.15, -0.1) is 0 Å². The van der Waals surface area contributed by atoms with Crippen molar-refractivity contribution in [3.8, 4) is 5.75 Å². The Morgan fingerprint density at radius 3 is 2.94 bits per heavy atom. The molecule has 0 saturated carbocycles. The van der Waals surface area contributed by atoms with Crippen molar-refractivity contribution in [2.75, 3.05) is 23.9 Å². The van der Waals surface area contributed by atoms with Gasteiger partial charge in [-0.25, -0.2) is 0 Å². The molecule has 0 bridgehead atoms. The highest BCUT2D eigenvalue weighted by atomic mass is 32.2. The minimum Gasteiger partial charge on any atom is -0.508 e. The van der Waals surface area contributed by atoms with Crippen LogP contribution in [0.15, 0.2) is 18.2 Å². The van der Waals surface area contributed by atoms with E-state index in [0.717, 1.165) is 18.2 Å². The minimum absolute atomic E-state index is 0.0934. The van der Waals surface area contributed by atoms with Crippen LogP contribution in [0.3, 0.4) is 0 Å². The normalized spacial score (nSPS) is 10.1. The molecule has 1 aromatic carbocycles. The lowest BCUT2D eigenvalue weighted by atomic mass is 10.2. The van der Waals surface area contributed by atoms with Crippen molar-refractivity contribution >= 4 is 23.1 Å². The quantitative estimate of drug-likeness (QED) is 0.347. The van der Waals surface area contributed by atoms with Gasteiger partial charge in [0.15, 0.2) is 0 Å². The van der Waals surface area contributed by atoms with E-state index in [1.54, 1.807) is 11.8 Å². The summed E-state index contributed by atoms with van der Waals surface area (Å²) in [6.45, 7) is 0.687. The zero-order valence-electron chi connectivity index (χ0n) is 8.97. The third-order valence-corrected chi connectivity index (χ3v) is 2.72. The molecule has 0 spiro atoms. The first kappa shape index (κ1) is 12.6. The van der Waals surface area contributed by atoms with Crippen molar-refractivity contribution < 1.29 is 10.0 Å². The summed E-state index contributed by atoms with van der Waals surface area (Å²) in [4.78, 5) is 10.2. The summed E-state index contributed by atoms with van der Waals surface area (Å²) in [5.74, 6) is 0.917. The van der Waals surface area contributed by atoms with Gasteiger partial charge in [-0.1, -0.05) is 0 Å². The highest BCUT2D eigenvalue weighted by molar-refractivity contribution is 7.98. The smallest absolute Gasteiger partial charge is 0.296 e. The summed E-state index contributed by atoms with van der Waals surface area (Å²) >= 11 is 1.74. The number of benzene rings is 1. The van der Waals surface area contributed by atoms with E-state index < -0.39 is 4.92 Å². The van der Waals surface area contributed by atoms with E-state index in [-0.39, 0.29) is 11.4 Å². The average molecular weight is 242 g/mol. The summed E-state index contributed by atoms with van der Waals surface area (Å²) < 4.78 is 0. The Bertz CT molecular complexity index is 371. The second-order valence-corrected chi connectivity index (χ2v) is 4.22. The van der Waals surface area contributed by atoms with Crippen LogP contribution in [0.25, 0.3) is 0 Å². The number of rotatable bonds is 6. The topological polar surface area (TPSA) is 75.4 Å². The fraction of sp³-hybridized carbons (Fsp3) is 0.400. The van der Waals surface area contributed by atoms with E-state index in [0.29, 0.717) is 12.2 Å². The highest BCUT2D eigenvalue weighted by Crippen LogP contribution is 2.28. The zero-order valence-corrected chi connectivity index (χ0v) is 9.79. The van der Waals surface area contributed by atoms with Gasteiger partial charge in [-0.05, 0) is 30.6 Å². The van der Waals surface area contributed by atoms with Crippen LogP contribution in [0, 0.1) is 10.1 Å². The first-order valence-corrected chi connectivity index (χ1v) is 6.24. The molecular weight excluding hydrogens is 228 g/mol. The summed E-state index contributed by atoms with van der Waals surface area (Å²) in [6.07, 6.45) is 2.96. The lowest BCUT2D eigenvalue weighted by molar-refractivity contribution is -0.384. The van der Waals surface area contributed by atoms with Crippen LogP contribution in [0.1, 0.15) is 6.42 Å². The first-order valence-electron chi connectivity index (χ1n) is 4.85. The molecule has 88 valence electrons. The van der Waals surface area contributed by atoms with E-state index in [1.165, 1.54) is 12.1 Å². The van der Waals surface area contributed by atoms with Crippen molar-refractivity contribution in [2.24, 2.45) is 0 Å². The molecule has 0 atom stereocenters. The Hall–Kier alpha value is -1.43. The van der Waals surface area contributed by atoms with Gasteiger partial charge in [-0.3, -0.25) is 10.1 Å². The predicted molar refractivity (Wildman–Crippen MR) is 66.2 cm³/mol. The summed E-state index contributed by atoms with van der Waals surface area (Å²) in [5.41, 5.74) is 0.355. The maximum atomic E-state index is 10.7. The number of hydrogen-bond donors (Lipinski definition) is 2. The fourth-order valence-corrected chi connectivity index (χ4v) is 1.69. The largest absolute Gasteiger partial charge is 0.508 e. The van der Waals surface area contributed by atoms with Crippen LogP contribution in [0.5, 0.6) is 5.75 Å². The number of hydrogen-bond acceptors (Lipinski definition) is 5. The van der Waals surface area contributed by atoms with Gasteiger partial charge >= 0.3 is 0 Å². The Kier molecular flexibility index (Phi) is 4.91. The van der Waals surface area contributed by atoms with Crippen molar-refractivity contribution in [2.45, 2.75) is 6.42 Å². The molecule has 0 heterocycles. The third kappa shape index (κ3) is 3.62. The molecule has 0 aliphatic heterocycles. The van der Waals surface area contributed by atoms with Crippen LogP contribution >= 0.6 is 11.8 Å². The fourth-order valence-electron chi connectivity index (χ4n) is 1.26. The Morgan fingerprint density at radius 1 is 1.56 bits per heavy atom. The summed E-state index contributed by atoms with van der Waals surface area (Å²) in [6, 6.07) is 4.10. The molecule has 0 saturated heterocycles. The molecule has 1 rings (SSSR count). The van der Waals surface area contributed by atoms with E-state index >= 15 is 0 Å². The van der Waals surface area contributed by atoms with Gasteiger partial charge < -0.3 is 10.4 Å². The number of nitro groups is 1. The van der Waals surface area contributed by atoms with Crippen molar-refractivity contribution in [1.29, 1.82) is 0 Å². The van der Waals surface area contributed by atoms with Crippen LogP contribution in [-0.4, -0.2) is 28.6 Å². The lowest BCUT2D eigenvalue weighted by Crippen LogP contribution is -2.04. The summed E-state index contributed by atoms with van der Waals surface area (Å²) in [7, 11) is 0. The van der Waals surface area contributed by atoms with Gasteiger partial charge in [0.2, 0.25) is 0 Å². The molecule has 6 heteroatoms. The number of anilines is 1. The molecule has 0 amide bonds. The third-order valence-electron chi connectivity index (χ3n) is 2.02. The zero-order chi connectivity index (χ0) is 12.0. The molecule has 0 unspecified atom stereocenters. The molecule has 5 nitrogen and oxygen atoms in total. The van der Waals surface area contributed by atoms with Crippen LogP contribution in [-0.2, 0) is 0 Å². The van der Waals surface area contributed by atoms with Crippen LogP contribution in [0.4, 0.5) is 11.4 Å². The van der Waals surface area contributed by atoms with E-state index in [2.05, 4.69) is 5.32 Å². The number of aromatic hydroxyl groups is 1. The maximum Gasteiger partial charge on any atom is 0.296 e. The number of phenolic OH excluding ortho intramolecular Hbond substituents is 1. The van der Waals surface area contributed by atoms with E-state index in [9.17, 15) is 10.1 Å². The average Bonchev–Trinajstić information content (AvgIpc) is 2.26. The van der Waals surface area contributed by atoms with Gasteiger partial charge in [0.25, 0.3) is 5.69 Å². The second kappa shape index (κ2) is 6.22. The predicted octanol–water partition coefficient (Wildman–Crippen LogP) is 2.47. The minimum atomic E-state index is -0.503. The molecule has 0 aliphatic carbocycles. The SMILES string of the molecule is CSCCCNc1ccc(O)cc1[N+](=O)[O-]. The Morgan fingerprint density at radius 2 is 2.31 bits per heavy atom. The van der Waals surface area contributed by atoms with Crippen LogP contribution < -0.4 is 5.32 Å². The van der Waals surface area contributed by atoms with E-state index in [1.807, 2.05) is 6.26 Å².